The molecule has 4 aliphatic heterocycles. The van der Waals surface area contributed by atoms with E-state index in [1.807, 2.05) is 36.8 Å². The third kappa shape index (κ3) is 20.0. The van der Waals surface area contributed by atoms with Crippen molar-refractivity contribution in [2.75, 3.05) is 0 Å². The topological polar surface area (TPSA) is 71.0 Å². The molecule has 66 heavy (non-hydrogen) atoms. The van der Waals surface area contributed by atoms with Crippen molar-refractivity contribution in [3.63, 3.8) is 0 Å². The van der Waals surface area contributed by atoms with E-state index in [2.05, 4.69) is 86.6 Å². The van der Waals surface area contributed by atoms with Crippen LogP contribution in [0.3, 0.4) is 0 Å². The fourth-order valence-electron chi connectivity index (χ4n) is 9.55. The number of aliphatic imine (C=N–C) groups is 2. The number of fused-ring (bicyclic) bond motifs is 6. The van der Waals surface area contributed by atoms with Crippen molar-refractivity contribution in [3.05, 3.63) is 107 Å². The number of aromatic nitrogens is 1. The zero-order valence-electron chi connectivity index (χ0n) is 43.2. The monoisotopic (exact) mass is 902 g/mol. The van der Waals surface area contributed by atoms with E-state index >= 15 is 0 Å². The summed E-state index contributed by atoms with van der Waals surface area (Å²) in [6.45, 7) is 8.73. The molecule has 0 radical (unpaired) electrons. The third-order valence-electron chi connectivity index (χ3n) is 13.8. The number of hydrogen-bond acceptors (Lipinski definition) is 5. The molecule has 6 heteroatoms. The second-order valence-electron chi connectivity index (χ2n) is 19.7. The first-order valence-corrected chi connectivity index (χ1v) is 27.3. The Morgan fingerprint density at radius 3 is 1.47 bits per heavy atom. The van der Waals surface area contributed by atoms with Gasteiger partial charge in [-0.15, -0.1) is 0 Å². The molecule has 0 saturated carbocycles. The molecule has 0 aromatic carbocycles. The largest absolute Gasteiger partial charge is 0.496 e. The van der Waals surface area contributed by atoms with E-state index < -0.39 is 18.0 Å². The van der Waals surface area contributed by atoms with Crippen LogP contribution in [0.4, 0.5) is 0 Å². The molecule has 5 heterocycles. The van der Waals surface area contributed by atoms with Gasteiger partial charge < -0.3 is 19.8 Å². The van der Waals surface area contributed by atoms with Crippen LogP contribution in [0, 0.1) is 0 Å². The second kappa shape index (κ2) is 31.8. The first-order valence-electron chi connectivity index (χ1n) is 27.9. The van der Waals surface area contributed by atoms with Gasteiger partial charge in [-0.05, 0) is 118 Å². The molecule has 2 N–H and O–H groups in total. The summed E-state index contributed by atoms with van der Waals surface area (Å²) in [6, 6.07) is 4.14. The van der Waals surface area contributed by atoms with Crippen LogP contribution in [0.5, 0.6) is 0 Å². The van der Waals surface area contributed by atoms with Gasteiger partial charge in [0.2, 0.25) is 0 Å². The van der Waals surface area contributed by atoms with Gasteiger partial charge >= 0.3 is 0 Å². The number of unbranched alkanes of at least 4 members (excludes halogenated alkanes) is 28. The Morgan fingerprint density at radius 1 is 0.561 bits per heavy atom. The van der Waals surface area contributed by atoms with Crippen molar-refractivity contribution in [3.8, 4) is 0 Å². The molecule has 4 atom stereocenters. The lowest BCUT2D eigenvalue weighted by Gasteiger charge is -2.34. The molecule has 5 rings (SSSR count). The first kappa shape index (κ1) is 51.3. The number of rotatable bonds is 36. The third-order valence-corrected chi connectivity index (χ3v) is 13.8. The highest BCUT2D eigenvalue weighted by Crippen LogP contribution is 2.38. The van der Waals surface area contributed by atoms with E-state index in [0.717, 1.165) is 57.6 Å². The summed E-state index contributed by atoms with van der Waals surface area (Å²) in [5, 5.41) is 5.80. The lowest BCUT2D eigenvalue weighted by atomic mass is 9.86. The van der Waals surface area contributed by atoms with E-state index in [4.69, 9.17) is 19.5 Å². The lowest BCUT2D eigenvalue weighted by Crippen LogP contribution is -2.49. The van der Waals surface area contributed by atoms with Crippen LogP contribution in [0.1, 0.15) is 228 Å². The fourth-order valence-corrected chi connectivity index (χ4v) is 9.55. The molecule has 6 nitrogen and oxygen atoms in total. The van der Waals surface area contributed by atoms with Crippen LogP contribution in [-0.2, 0) is 9.47 Å². The normalized spacial score (nSPS) is 19.9. The molecule has 4 unspecified atom stereocenters. The smallest absolute Gasteiger partial charge is 0.122 e. The summed E-state index contributed by atoms with van der Waals surface area (Å²) in [5.74, 6) is 0. The van der Waals surface area contributed by atoms with Gasteiger partial charge in [0.25, 0.3) is 0 Å². The van der Waals surface area contributed by atoms with Crippen molar-refractivity contribution in [2.45, 2.75) is 244 Å². The SMILES string of the molecule is [2H]C1C(C(C)OC=CCCCCCCCCCCCCCCCC)=C2C=C3C=CC(=N3)C=c3ccc([nH]3)=CC3=NC(=CC1(C(C)OC=CCCCCCCCCCCCCCCCC)N2)C=C3. The van der Waals surface area contributed by atoms with Crippen LogP contribution >= 0.6 is 0 Å². The van der Waals surface area contributed by atoms with Crippen molar-refractivity contribution < 1.29 is 10.8 Å². The maximum Gasteiger partial charge on any atom is 0.122 e. The Balaban J connectivity index is 1.15. The summed E-state index contributed by atoms with van der Waals surface area (Å²) >= 11 is 0. The van der Waals surface area contributed by atoms with Crippen molar-refractivity contribution in [1.82, 2.24) is 10.3 Å². The van der Waals surface area contributed by atoms with Gasteiger partial charge in [0.1, 0.15) is 12.2 Å². The molecular formula is C60H92N4O2. The average Bonchev–Trinajstić information content (AvgIpc) is 4.13. The Hall–Kier alpha value is -4.06. The predicted octanol–water partition coefficient (Wildman–Crippen LogP) is 15.9. The van der Waals surface area contributed by atoms with E-state index in [0.29, 0.717) is 0 Å². The molecule has 0 fully saturated rings. The molecule has 1 aromatic heterocycles. The van der Waals surface area contributed by atoms with E-state index in [9.17, 15) is 1.37 Å². The van der Waals surface area contributed by atoms with Crippen molar-refractivity contribution in [2.24, 2.45) is 9.98 Å². The van der Waals surface area contributed by atoms with Crippen LogP contribution in [0.15, 0.2) is 106 Å². The van der Waals surface area contributed by atoms with Gasteiger partial charge in [0, 0.05) is 24.2 Å². The Bertz CT molecular complexity index is 1990. The molecule has 1 aromatic rings. The minimum Gasteiger partial charge on any atom is -0.496 e. The van der Waals surface area contributed by atoms with Gasteiger partial charge in [-0.25, -0.2) is 9.98 Å². The number of hydrogen-bond donors (Lipinski definition) is 2. The van der Waals surface area contributed by atoms with Gasteiger partial charge in [-0.2, -0.15) is 0 Å². The van der Waals surface area contributed by atoms with Crippen molar-refractivity contribution in [1.29, 1.82) is 0 Å². The molecule has 0 spiro atoms. The summed E-state index contributed by atoms with van der Waals surface area (Å²) in [4.78, 5) is 13.5. The first-order chi connectivity index (χ1) is 32.9. The minimum atomic E-state index is -0.924. The Labute approximate surface area is 404 Å². The lowest BCUT2D eigenvalue weighted by molar-refractivity contribution is 0.0910. The van der Waals surface area contributed by atoms with Gasteiger partial charge in [0.05, 0.1) is 40.9 Å². The van der Waals surface area contributed by atoms with Crippen LogP contribution in [0.2, 0.25) is 0 Å². The van der Waals surface area contributed by atoms with E-state index in [1.165, 1.54) is 180 Å². The summed E-state index contributed by atoms with van der Waals surface area (Å²) in [5.41, 5.74) is 4.17. The minimum absolute atomic E-state index is 0.344. The molecule has 4 aliphatic rings. The average molecular weight is 902 g/mol. The highest BCUT2D eigenvalue weighted by molar-refractivity contribution is 6.20. The van der Waals surface area contributed by atoms with Gasteiger partial charge in [0.15, 0.2) is 0 Å². The number of H-pyrrole nitrogens is 1. The van der Waals surface area contributed by atoms with Crippen LogP contribution < -0.4 is 16.0 Å². The molecule has 364 valence electrons. The number of nitrogens with zero attached hydrogens (tertiary/aromatic N) is 2. The van der Waals surface area contributed by atoms with Crippen LogP contribution in [-0.4, -0.2) is 34.2 Å². The predicted molar refractivity (Wildman–Crippen MR) is 285 cm³/mol. The maximum atomic E-state index is 10.0. The van der Waals surface area contributed by atoms with E-state index in [-0.39, 0.29) is 6.10 Å². The molecule has 0 amide bonds. The number of nitrogens with one attached hydrogen (secondary N) is 2. The zero-order chi connectivity index (χ0) is 47.2. The Kier molecular flexibility index (Phi) is 24.8. The van der Waals surface area contributed by atoms with Gasteiger partial charge in [-0.1, -0.05) is 181 Å². The fraction of sp³-hybridized carbons (Fsp3) is 0.633. The Morgan fingerprint density at radius 2 is 0.985 bits per heavy atom. The highest BCUT2D eigenvalue weighted by Gasteiger charge is 2.44. The molecule has 8 bridgehead atoms. The number of ether oxygens (including phenoxy) is 2. The van der Waals surface area contributed by atoms with Gasteiger partial charge in [-0.3, -0.25) is 0 Å². The molecule has 0 saturated heterocycles. The summed E-state index contributed by atoms with van der Waals surface area (Å²) in [7, 11) is 0. The van der Waals surface area contributed by atoms with Crippen molar-refractivity contribution >= 4 is 23.6 Å². The second-order valence-corrected chi connectivity index (χ2v) is 19.7. The summed E-state index contributed by atoms with van der Waals surface area (Å²) < 4.78 is 23.1. The van der Waals surface area contributed by atoms with Crippen LogP contribution in [0.25, 0.3) is 12.2 Å². The summed E-state index contributed by atoms with van der Waals surface area (Å²) in [6.07, 6.45) is 63.2. The molecule has 0 aliphatic carbocycles. The number of allylic oxidation sites excluding steroid dienone is 7. The highest BCUT2D eigenvalue weighted by atomic mass is 16.5. The standard InChI is InChI=1S/C60H92N4O2/c1-5-7-9-11-13-15-17-19-21-23-25-27-29-31-33-35-43-65-50(3)58-49-60(51(4)66-44-36-34-32-30-28-26-24-22-20-18-16-14-12-10-8-6-2)48-57-42-41-55(63-57)46-53-38-37-52(61-53)45-54-39-40-56(62-54)47-59(58)64-60/h35-48,50-51,61,64H,5-34,49H2,1-4H3/i49D. The quantitative estimate of drug-likeness (QED) is 0.0521. The van der Waals surface area contributed by atoms with E-state index in [1.54, 1.807) is 0 Å². The zero-order valence-corrected chi connectivity index (χ0v) is 42.2. The maximum absolute atomic E-state index is 10.0. The number of aromatic amines is 1. The molecular weight excluding hydrogens is 809 g/mol.